The number of amides is 1. The van der Waals surface area contributed by atoms with Crippen LogP contribution < -0.4 is 5.32 Å². The van der Waals surface area contributed by atoms with Crippen molar-refractivity contribution in [3.8, 4) is 0 Å². The van der Waals surface area contributed by atoms with Crippen LogP contribution in [-0.2, 0) is 31.3 Å². The molecule has 10 heteroatoms. The van der Waals surface area contributed by atoms with Gasteiger partial charge < -0.3 is 5.32 Å². The first-order valence-electron chi connectivity index (χ1n) is 11.0. The topological polar surface area (TPSA) is 104 Å². The second kappa shape index (κ2) is 10.4. The van der Waals surface area contributed by atoms with Crippen LogP contribution in [0, 0.1) is 0 Å². The van der Waals surface area contributed by atoms with Gasteiger partial charge in [-0.2, -0.15) is 4.31 Å². The van der Waals surface area contributed by atoms with Gasteiger partial charge in [0.1, 0.15) is 0 Å². The SMILES string of the molecule is CS(=O)(=O)N1CCCC(NC(=O)CCc2ccc(S(=O)(=O)N3CCCCCC3)cc2)C1. The number of nitrogens with one attached hydrogen (secondary N) is 1. The number of aryl methyl sites for hydroxylation is 1. The van der Waals surface area contributed by atoms with Crippen molar-refractivity contribution in [2.45, 2.75) is 62.3 Å². The minimum absolute atomic E-state index is 0.124. The highest BCUT2D eigenvalue weighted by molar-refractivity contribution is 7.89. The summed E-state index contributed by atoms with van der Waals surface area (Å²) in [6.07, 6.45) is 7.39. The molecule has 2 saturated heterocycles. The molecule has 1 amide bonds. The van der Waals surface area contributed by atoms with Gasteiger partial charge in [-0.1, -0.05) is 25.0 Å². The van der Waals surface area contributed by atoms with Gasteiger partial charge in [-0.25, -0.2) is 21.1 Å². The molecule has 0 spiro atoms. The van der Waals surface area contributed by atoms with Crippen LogP contribution >= 0.6 is 0 Å². The monoisotopic (exact) mass is 471 g/mol. The van der Waals surface area contributed by atoms with Gasteiger partial charge in [0.25, 0.3) is 0 Å². The van der Waals surface area contributed by atoms with E-state index in [1.54, 1.807) is 28.6 Å². The lowest BCUT2D eigenvalue weighted by atomic mass is 10.1. The maximum atomic E-state index is 12.9. The number of benzene rings is 1. The van der Waals surface area contributed by atoms with Crippen molar-refractivity contribution < 1.29 is 21.6 Å². The molecular formula is C21H33N3O5S2. The molecule has 1 N–H and O–H groups in total. The van der Waals surface area contributed by atoms with Crippen LogP contribution in [0.25, 0.3) is 0 Å². The molecule has 8 nitrogen and oxygen atoms in total. The Bertz CT molecular complexity index is 953. The number of rotatable bonds is 7. The van der Waals surface area contributed by atoms with Gasteiger partial charge in [0.05, 0.1) is 11.2 Å². The lowest BCUT2D eigenvalue weighted by Crippen LogP contribution is -2.49. The largest absolute Gasteiger partial charge is 0.352 e. The van der Waals surface area contributed by atoms with E-state index in [1.165, 1.54) is 10.6 Å². The van der Waals surface area contributed by atoms with Gasteiger partial charge in [0, 0.05) is 38.6 Å². The van der Waals surface area contributed by atoms with E-state index in [0.717, 1.165) is 44.1 Å². The van der Waals surface area contributed by atoms with Gasteiger partial charge in [0.15, 0.2) is 0 Å². The Balaban J connectivity index is 1.51. The average molecular weight is 472 g/mol. The van der Waals surface area contributed by atoms with E-state index in [1.807, 2.05) is 0 Å². The molecule has 0 saturated carbocycles. The molecule has 1 atom stereocenters. The minimum atomic E-state index is -3.47. The summed E-state index contributed by atoms with van der Waals surface area (Å²) in [5, 5.41) is 2.93. The Morgan fingerprint density at radius 2 is 1.55 bits per heavy atom. The summed E-state index contributed by atoms with van der Waals surface area (Å²) >= 11 is 0. The third-order valence-electron chi connectivity index (χ3n) is 5.99. The predicted octanol–water partition coefficient (Wildman–Crippen LogP) is 1.72. The van der Waals surface area contributed by atoms with Gasteiger partial charge in [-0.15, -0.1) is 0 Å². The summed E-state index contributed by atoms with van der Waals surface area (Å²) in [4.78, 5) is 12.6. The van der Waals surface area contributed by atoms with E-state index in [4.69, 9.17) is 0 Å². The van der Waals surface area contributed by atoms with Crippen molar-refractivity contribution in [1.29, 1.82) is 0 Å². The van der Waals surface area contributed by atoms with Crippen LogP contribution in [0.5, 0.6) is 0 Å². The molecule has 0 aliphatic carbocycles. The molecule has 2 aliphatic rings. The van der Waals surface area contributed by atoms with E-state index in [0.29, 0.717) is 37.5 Å². The third-order valence-corrected chi connectivity index (χ3v) is 9.17. The Hall–Kier alpha value is -1.49. The molecular weight excluding hydrogens is 438 g/mol. The van der Waals surface area contributed by atoms with Crippen LogP contribution in [0.4, 0.5) is 0 Å². The van der Waals surface area contributed by atoms with Crippen molar-refractivity contribution in [1.82, 2.24) is 13.9 Å². The van der Waals surface area contributed by atoms with E-state index in [-0.39, 0.29) is 18.4 Å². The fourth-order valence-electron chi connectivity index (χ4n) is 4.18. The zero-order chi connectivity index (χ0) is 22.5. The molecule has 3 rings (SSSR count). The maximum Gasteiger partial charge on any atom is 0.243 e. The number of nitrogens with zero attached hydrogens (tertiary/aromatic N) is 2. The van der Waals surface area contributed by atoms with Gasteiger partial charge >= 0.3 is 0 Å². The minimum Gasteiger partial charge on any atom is -0.352 e. The first-order valence-corrected chi connectivity index (χ1v) is 14.3. The predicted molar refractivity (Wildman–Crippen MR) is 120 cm³/mol. The number of sulfonamides is 2. The smallest absolute Gasteiger partial charge is 0.243 e. The highest BCUT2D eigenvalue weighted by Gasteiger charge is 2.27. The molecule has 2 heterocycles. The van der Waals surface area contributed by atoms with Crippen molar-refractivity contribution in [3.63, 3.8) is 0 Å². The second-order valence-corrected chi connectivity index (χ2v) is 12.4. The highest BCUT2D eigenvalue weighted by Crippen LogP contribution is 2.21. The standard InChI is InChI=1S/C21H33N3O5S2/c1-30(26,27)24-16-6-7-19(17-24)22-21(25)13-10-18-8-11-20(12-9-18)31(28,29)23-14-4-2-3-5-15-23/h8-9,11-12,19H,2-7,10,13-17H2,1H3,(H,22,25). The number of piperidine rings is 1. The molecule has 1 aromatic rings. The van der Waals surface area contributed by atoms with E-state index >= 15 is 0 Å². The summed E-state index contributed by atoms with van der Waals surface area (Å²) in [5.41, 5.74) is 0.895. The number of hydrogen-bond donors (Lipinski definition) is 1. The molecule has 2 fully saturated rings. The first-order chi connectivity index (χ1) is 14.7. The molecule has 31 heavy (non-hydrogen) atoms. The number of carbonyl (C=O) groups excluding carboxylic acids is 1. The van der Waals surface area contributed by atoms with E-state index in [9.17, 15) is 21.6 Å². The Morgan fingerprint density at radius 3 is 2.16 bits per heavy atom. The quantitative estimate of drug-likeness (QED) is 0.652. The first kappa shape index (κ1) is 24.2. The molecule has 1 unspecified atom stereocenters. The van der Waals surface area contributed by atoms with Gasteiger partial charge in [-0.3, -0.25) is 4.79 Å². The zero-order valence-corrected chi connectivity index (χ0v) is 19.8. The molecule has 0 radical (unpaired) electrons. The summed E-state index contributed by atoms with van der Waals surface area (Å²) < 4.78 is 52.1. The fourth-order valence-corrected chi connectivity index (χ4v) is 6.61. The van der Waals surface area contributed by atoms with E-state index in [2.05, 4.69) is 5.32 Å². The van der Waals surface area contributed by atoms with Crippen molar-refractivity contribution >= 4 is 26.0 Å². The second-order valence-electron chi connectivity index (χ2n) is 8.49. The summed E-state index contributed by atoms with van der Waals surface area (Å²) in [6.45, 7) is 1.95. The Labute approximate surface area is 186 Å². The zero-order valence-electron chi connectivity index (χ0n) is 18.1. The summed E-state index contributed by atoms with van der Waals surface area (Å²) in [5.74, 6) is -0.124. The molecule has 0 bridgehead atoms. The van der Waals surface area contributed by atoms with Crippen LogP contribution in [0.3, 0.4) is 0 Å². The average Bonchev–Trinajstić information content (AvgIpc) is 3.02. The van der Waals surface area contributed by atoms with Crippen molar-refractivity contribution in [3.05, 3.63) is 29.8 Å². The lowest BCUT2D eigenvalue weighted by Gasteiger charge is -2.31. The normalized spacial score (nSPS) is 22.0. The summed E-state index contributed by atoms with van der Waals surface area (Å²) in [7, 11) is -6.72. The number of hydrogen-bond acceptors (Lipinski definition) is 5. The van der Waals surface area contributed by atoms with Crippen LogP contribution in [0.2, 0.25) is 0 Å². The lowest BCUT2D eigenvalue weighted by molar-refractivity contribution is -0.122. The van der Waals surface area contributed by atoms with Gasteiger partial charge in [-0.05, 0) is 49.8 Å². The Kier molecular flexibility index (Phi) is 8.12. The third kappa shape index (κ3) is 6.74. The van der Waals surface area contributed by atoms with Crippen LogP contribution in [0.15, 0.2) is 29.2 Å². The van der Waals surface area contributed by atoms with Crippen LogP contribution in [-0.4, -0.2) is 69.8 Å². The maximum absolute atomic E-state index is 12.9. The summed E-state index contributed by atoms with van der Waals surface area (Å²) in [6, 6.07) is 6.61. The van der Waals surface area contributed by atoms with Gasteiger partial charge in [0.2, 0.25) is 26.0 Å². The van der Waals surface area contributed by atoms with Crippen LogP contribution in [0.1, 0.15) is 50.5 Å². The molecule has 174 valence electrons. The molecule has 0 aromatic heterocycles. The highest BCUT2D eigenvalue weighted by atomic mass is 32.2. The molecule has 1 aromatic carbocycles. The Morgan fingerprint density at radius 1 is 0.935 bits per heavy atom. The fraction of sp³-hybridized carbons (Fsp3) is 0.667. The van der Waals surface area contributed by atoms with Crippen molar-refractivity contribution in [2.75, 3.05) is 32.4 Å². The van der Waals surface area contributed by atoms with E-state index < -0.39 is 20.0 Å². The van der Waals surface area contributed by atoms with Crippen molar-refractivity contribution in [2.24, 2.45) is 0 Å². The molecule has 2 aliphatic heterocycles. The number of carbonyl (C=O) groups is 1.